The first-order valence-corrected chi connectivity index (χ1v) is 7.33. The van der Waals surface area contributed by atoms with Gasteiger partial charge in [0.1, 0.15) is 5.69 Å². The highest BCUT2D eigenvalue weighted by Gasteiger charge is 2.20. The molecule has 2 aromatic rings. The summed E-state index contributed by atoms with van der Waals surface area (Å²) in [6, 6.07) is 5.26. The van der Waals surface area contributed by atoms with E-state index < -0.39 is 0 Å². The van der Waals surface area contributed by atoms with E-state index in [1.165, 1.54) is 23.2 Å². The molecule has 0 bridgehead atoms. The van der Waals surface area contributed by atoms with Crippen LogP contribution in [0.25, 0.3) is 0 Å². The van der Waals surface area contributed by atoms with Crippen LogP contribution in [0.5, 0.6) is 11.5 Å². The van der Waals surface area contributed by atoms with Crippen molar-refractivity contribution in [2.24, 2.45) is 0 Å². The van der Waals surface area contributed by atoms with E-state index >= 15 is 0 Å². The number of thiazole rings is 1. The van der Waals surface area contributed by atoms with Crippen molar-refractivity contribution in [2.45, 2.75) is 6.92 Å². The van der Waals surface area contributed by atoms with Gasteiger partial charge in [-0.25, -0.2) is 4.98 Å². The van der Waals surface area contributed by atoms with Gasteiger partial charge in [-0.1, -0.05) is 0 Å². The lowest BCUT2D eigenvalue weighted by Crippen LogP contribution is -2.26. The van der Waals surface area contributed by atoms with Gasteiger partial charge < -0.3 is 19.7 Å². The van der Waals surface area contributed by atoms with Crippen molar-refractivity contribution in [3.8, 4) is 11.5 Å². The molecule has 1 aliphatic rings. The molecule has 8 heteroatoms. The smallest absolute Gasteiger partial charge is 0.277 e. The maximum Gasteiger partial charge on any atom is 0.277 e. The summed E-state index contributed by atoms with van der Waals surface area (Å²) in [5.41, 5.74) is 0.942. The number of carbonyl (C=O) groups excluding carboxylic acids is 2. The number of hydrogen-bond donors (Lipinski definition) is 1. The Morgan fingerprint density at radius 1 is 1.32 bits per heavy atom. The summed E-state index contributed by atoms with van der Waals surface area (Å²) in [5, 5.41) is 4.56. The molecule has 0 atom stereocenters. The second-order valence-corrected chi connectivity index (χ2v) is 5.48. The highest BCUT2D eigenvalue weighted by molar-refractivity contribution is 7.14. The lowest BCUT2D eigenvalue weighted by molar-refractivity contribution is -0.114. The number of amides is 2. The number of nitrogens with zero attached hydrogens (tertiary/aromatic N) is 2. The number of anilines is 2. The van der Waals surface area contributed by atoms with Crippen LogP contribution in [-0.2, 0) is 4.79 Å². The van der Waals surface area contributed by atoms with Gasteiger partial charge in [-0.3, -0.25) is 9.59 Å². The molecule has 0 fully saturated rings. The Morgan fingerprint density at radius 3 is 2.86 bits per heavy atom. The molecule has 1 N–H and O–H groups in total. The number of nitrogens with one attached hydrogen (secondary N) is 1. The first kappa shape index (κ1) is 14.3. The van der Waals surface area contributed by atoms with Crippen LogP contribution in [0.1, 0.15) is 17.4 Å². The summed E-state index contributed by atoms with van der Waals surface area (Å²) in [6.07, 6.45) is 0. The quantitative estimate of drug-likeness (QED) is 0.937. The van der Waals surface area contributed by atoms with Gasteiger partial charge in [0.2, 0.25) is 12.7 Å². The van der Waals surface area contributed by atoms with Crippen molar-refractivity contribution >= 4 is 34.0 Å². The van der Waals surface area contributed by atoms with Crippen molar-refractivity contribution in [3.63, 3.8) is 0 Å². The molecule has 7 nitrogen and oxygen atoms in total. The predicted molar refractivity (Wildman–Crippen MR) is 81.7 cm³/mol. The van der Waals surface area contributed by atoms with Gasteiger partial charge in [0.25, 0.3) is 5.91 Å². The van der Waals surface area contributed by atoms with Crippen LogP contribution in [0, 0.1) is 0 Å². The van der Waals surface area contributed by atoms with E-state index in [4.69, 9.17) is 9.47 Å². The third kappa shape index (κ3) is 2.73. The summed E-state index contributed by atoms with van der Waals surface area (Å²) in [5.74, 6) is 0.768. The average molecular weight is 319 g/mol. The number of aromatic nitrogens is 1. The van der Waals surface area contributed by atoms with Gasteiger partial charge in [0, 0.05) is 31.1 Å². The van der Waals surface area contributed by atoms with E-state index in [-0.39, 0.29) is 24.3 Å². The molecule has 3 rings (SSSR count). The molecule has 0 spiro atoms. The summed E-state index contributed by atoms with van der Waals surface area (Å²) < 4.78 is 10.5. The van der Waals surface area contributed by atoms with E-state index in [1.807, 2.05) is 0 Å². The van der Waals surface area contributed by atoms with E-state index in [2.05, 4.69) is 10.3 Å². The van der Waals surface area contributed by atoms with E-state index in [1.54, 1.807) is 30.6 Å². The largest absolute Gasteiger partial charge is 0.454 e. The van der Waals surface area contributed by atoms with Gasteiger partial charge in [-0.15, -0.1) is 11.3 Å². The summed E-state index contributed by atoms with van der Waals surface area (Å²) in [7, 11) is 1.65. The number of fused-ring (bicyclic) bond motifs is 1. The molecule has 0 saturated heterocycles. The normalized spacial score (nSPS) is 12.1. The molecule has 114 valence electrons. The zero-order chi connectivity index (χ0) is 15.7. The number of hydrogen-bond acceptors (Lipinski definition) is 6. The SMILES string of the molecule is CC(=O)Nc1nc(C(=O)N(C)c2ccc3c(c2)OCO3)cs1. The maximum absolute atomic E-state index is 12.4. The molecule has 0 unspecified atom stereocenters. The Labute approximate surface area is 130 Å². The lowest BCUT2D eigenvalue weighted by Gasteiger charge is -2.16. The van der Waals surface area contributed by atoms with Crippen LogP contribution >= 0.6 is 11.3 Å². The second-order valence-electron chi connectivity index (χ2n) is 4.62. The number of carbonyl (C=O) groups is 2. The van der Waals surface area contributed by atoms with Crippen molar-refractivity contribution in [2.75, 3.05) is 24.1 Å². The molecular formula is C14H13N3O4S. The minimum absolute atomic E-state index is 0.183. The van der Waals surface area contributed by atoms with Crippen LogP contribution < -0.4 is 19.7 Å². The molecule has 1 aromatic carbocycles. The van der Waals surface area contributed by atoms with Crippen LogP contribution in [0.4, 0.5) is 10.8 Å². The van der Waals surface area contributed by atoms with Crippen molar-refractivity contribution in [3.05, 3.63) is 29.3 Å². The average Bonchev–Trinajstić information content (AvgIpc) is 3.13. The highest BCUT2D eigenvalue weighted by Crippen LogP contribution is 2.35. The number of benzene rings is 1. The number of ether oxygens (including phenoxy) is 2. The molecular weight excluding hydrogens is 306 g/mol. The fourth-order valence-corrected chi connectivity index (χ4v) is 2.69. The van der Waals surface area contributed by atoms with Crippen molar-refractivity contribution in [1.82, 2.24) is 4.98 Å². The van der Waals surface area contributed by atoms with Crippen LogP contribution in [0.2, 0.25) is 0 Å². The minimum Gasteiger partial charge on any atom is -0.454 e. The van der Waals surface area contributed by atoms with Crippen molar-refractivity contribution in [1.29, 1.82) is 0 Å². The molecule has 1 aromatic heterocycles. The lowest BCUT2D eigenvalue weighted by atomic mass is 10.2. The Morgan fingerprint density at radius 2 is 2.09 bits per heavy atom. The maximum atomic E-state index is 12.4. The van der Waals surface area contributed by atoms with Gasteiger partial charge in [0.05, 0.1) is 0 Å². The Hall–Kier alpha value is -2.61. The fraction of sp³-hybridized carbons (Fsp3) is 0.214. The molecule has 2 heterocycles. The van der Waals surface area contributed by atoms with Gasteiger partial charge in [0.15, 0.2) is 16.6 Å². The van der Waals surface area contributed by atoms with Gasteiger partial charge in [-0.2, -0.15) is 0 Å². The summed E-state index contributed by atoms with van der Waals surface area (Å²) >= 11 is 1.20. The molecule has 0 aliphatic carbocycles. The molecule has 0 saturated carbocycles. The van der Waals surface area contributed by atoms with Gasteiger partial charge >= 0.3 is 0 Å². The highest BCUT2D eigenvalue weighted by atomic mass is 32.1. The molecule has 0 radical (unpaired) electrons. The predicted octanol–water partition coefficient (Wildman–Crippen LogP) is 2.11. The molecule has 2 amide bonds. The zero-order valence-electron chi connectivity index (χ0n) is 12.0. The summed E-state index contributed by atoms with van der Waals surface area (Å²) in [4.78, 5) is 29.0. The number of rotatable bonds is 3. The first-order valence-electron chi connectivity index (χ1n) is 6.45. The second kappa shape index (κ2) is 5.64. The topological polar surface area (TPSA) is 80.8 Å². The third-order valence-corrected chi connectivity index (χ3v) is 3.81. The zero-order valence-corrected chi connectivity index (χ0v) is 12.8. The minimum atomic E-state index is -0.272. The summed E-state index contributed by atoms with van der Waals surface area (Å²) in [6.45, 7) is 1.57. The van der Waals surface area contributed by atoms with E-state index in [0.29, 0.717) is 22.3 Å². The monoisotopic (exact) mass is 319 g/mol. The van der Waals surface area contributed by atoms with Crippen LogP contribution in [0.15, 0.2) is 23.6 Å². The first-order chi connectivity index (χ1) is 10.5. The van der Waals surface area contributed by atoms with Gasteiger partial charge in [-0.05, 0) is 12.1 Å². The molecule has 1 aliphatic heterocycles. The van der Waals surface area contributed by atoms with Crippen LogP contribution in [0.3, 0.4) is 0 Å². The van der Waals surface area contributed by atoms with E-state index in [0.717, 1.165) is 0 Å². The molecule has 22 heavy (non-hydrogen) atoms. The Kier molecular flexibility index (Phi) is 3.68. The standard InChI is InChI=1S/C14H13N3O4S/c1-8(18)15-14-16-10(6-22-14)13(19)17(2)9-3-4-11-12(5-9)21-7-20-11/h3-6H,7H2,1-2H3,(H,15,16,18). The van der Waals surface area contributed by atoms with E-state index in [9.17, 15) is 9.59 Å². The fourth-order valence-electron chi connectivity index (χ4n) is 1.96. The third-order valence-electron chi connectivity index (χ3n) is 3.05. The van der Waals surface area contributed by atoms with Crippen molar-refractivity contribution < 1.29 is 19.1 Å². The Balaban J connectivity index is 1.79. The van der Waals surface area contributed by atoms with Crippen LogP contribution in [-0.4, -0.2) is 30.6 Å². The Bertz CT molecular complexity index is 743.